The van der Waals surface area contributed by atoms with E-state index in [1.54, 1.807) is 0 Å². The molecule has 1 saturated carbocycles. The Morgan fingerprint density at radius 2 is 1.76 bits per heavy atom. The zero-order valence-corrected chi connectivity index (χ0v) is 11.7. The normalized spacial score (nSPS) is 29.0. The summed E-state index contributed by atoms with van der Waals surface area (Å²) in [6.45, 7) is 0. The summed E-state index contributed by atoms with van der Waals surface area (Å²) in [6, 6.07) is 1.63. The molecule has 1 aliphatic carbocycles. The number of fused-ring (bicyclic) bond motifs is 1. The Bertz CT molecular complexity index is 561. The molecule has 1 N–H and O–H groups in total. The summed E-state index contributed by atoms with van der Waals surface area (Å²) in [5, 5.41) is 3.28. The van der Waals surface area contributed by atoms with Crippen LogP contribution in [0.1, 0.15) is 48.9 Å². The van der Waals surface area contributed by atoms with Gasteiger partial charge in [0, 0.05) is 6.04 Å². The van der Waals surface area contributed by atoms with E-state index in [1.165, 1.54) is 6.42 Å². The zero-order chi connectivity index (χ0) is 15.0. The third kappa shape index (κ3) is 2.71. The maximum atomic E-state index is 13.7. The first kappa shape index (κ1) is 14.6. The van der Waals surface area contributed by atoms with Crippen LogP contribution >= 0.6 is 0 Å². The lowest BCUT2D eigenvalue weighted by Crippen LogP contribution is -2.52. The highest BCUT2D eigenvalue weighted by molar-refractivity contribution is 6.00. The van der Waals surface area contributed by atoms with Crippen molar-refractivity contribution in [2.24, 2.45) is 5.92 Å². The van der Waals surface area contributed by atoms with Crippen molar-refractivity contribution in [2.75, 3.05) is 0 Å². The molecule has 0 radical (unpaired) electrons. The number of hydrogen-bond acceptors (Lipinski definition) is 2. The molecule has 1 heterocycles. The summed E-state index contributed by atoms with van der Waals surface area (Å²) in [5.74, 6) is -4.12. The average Bonchev–Trinajstić information content (AvgIpc) is 2.52. The van der Waals surface area contributed by atoms with Crippen molar-refractivity contribution in [1.29, 1.82) is 0 Å². The van der Waals surface area contributed by atoms with E-state index in [0.717, 1.165) is 37.8 Å². The van der Waals surface area contributed by atoms with Crippen molar-refractivity contribution in [3.63, 3.8) is 0 Å². The fourth-order valence-corrected chi connectivity index (χ4v) is 3.61. The largest absolute Gasteiger partial charge is 0.304 e. The summed E-state index contributed by atoms with van der Waals surface area (Å²) in [5.41, 5.74) is -0.361. The molecule has 2 nitrogen and oxygen atoms in total. The first-order chi connectivity index (χ1) is 10.1. The average molecular weight is 297 g/mol. The number of carbonyl (C=O) groups is 1. The summed E-state index contributed by atoms with van der Waals surface area (Å²) in [4.78, 5) is 12.4. The van der Waals surface area contributed by atoms with Gasteiger partial charge in [-0.15, -0.1) is 0 Å². The number of carbonyl (C=O) groups excluding carboxylic acids is 1. The monoisotopic (exact) mass is 297 g/mol. The molecule has 21 heavy (non-hydrogen) atoms. The van der Waals surface area contributed by atoms with Crippen LogP contribution in [0.4, 0.5) is 13.2 Å². The Morgan fingerprint density at radius 3 is 2.57 bits per heavy atom. The van der Waals surface area contributed by atoms with Crippen molar-refractivity contribution >= 4 is 5.78 Å². The van der Waals surface area contributed by atoms with Gasteiger partial charge in [0.1, 0.15) is 0 Å². The zero-order valence-electron chi connectivity index (χ0n) is 11.7. The molecule has 0 bridgehead atoms. The third-order valence-electron chi connectivity index (χ3n) is 4.77. The van der Waals surface area contributed by atoms with E-state index in [0.29, 0.717) is 12.3 Å². The second kappa shape index (κ2) is 5.79. The number of halogens is 3. The lowest BCUT2D eigenvalue weighted by molar-refractivity contribution is 0.0856. The van der Waals surface area contributed by atoms with E-state index in [9.17, 15) is 18.0 Å². The molecule has 3 rings (SSSR count). The third-order valence-corrected chi connectivity index (χ3v) is 4.77. The topological polar surface area (TPSA) is 29.1 Å². The summed E-state index contributed by atoms with van der Waals surface area (Å²) < 4.78 is 39.9. The Labute approximate surface area is 121 Å². The maximum Gasteiger partial charge on any atom is 0.195 e. The second-order valence-corrected chi connectivity index (χ2v) is 6.03. The molecule has 0 spiro atoms. The van der Waals surface area contributed by atoms with Crippen molar-refractivity contribution < 1.29 is 18.0 Å². The number of benzene rings is 1. The van der Waals surface area contributed by atoms with Crippen LogP contribution in [-0.4, -0.2) is 17.9 Å². The minimum Gasteiger partial charge on any atom is -0.304 e. The lowest BCUT2D eigenvalue weighted by Gasteiger charge is -2.40. The molecule has 1 aromatic rings. The van der Waals surface area contributed by atoms with Gasteiger partial charge in [0.05, 0.1) is 11.6 Å². The van der Waals surface area contributed by atoms with Gasteiger partial charge in [0.2, 0.25) is 0 Å². The van der Waals surface area contributed by atoms with Gasteiger partial charge in [-0.2, -0.15) is 0 Å². The van der Waals surface area contributed by atoms with Crippen molar-refractivity contribution in [2.45, 2.75) is 50.6 Å². The standard InChI is InChI=1S/C16H18F3NO/c17-11-7-6-10(14(18)15(11)19)16(21)13-8-5-9-3-1-2-4-12(9)20-13/h6-7,9,12-13,20H,1-5,8H2. The summed E-state index contributed by atoms with van der Waals surface area (Å²) in [6.07, 6.45) is 6.10. The molecule has 2 fully saturated rings. The van der Waals surface area contributed by atoms with Crippen LogP contribution in [0.5, 0.6) is 0 Å². The highest BCUT2D eigenvalue weighted by Crippen LogP contribution is 2.33. The van der Waals surface area contributed by atoms with Crippen LogP contribution < -0.4 is 5.32 Å². The van der Waals surface area contributed by atoms with Crippen LogP contribution in [0.25, 0.3) is 0 Å². The fraction of sp³-hybridized carbons (Fsp3) is 0.562. The van der Waals surface area contributed by atoms with E-state index in [2.05, 4.69) is 5.32 Å². The van der Waals surface area contributed by atoms with E-state index < -0.39 is 29.3 Å². The van der Waals surface area contributed by atoms with Crippen LogP contribution in [0.15, 0.2) is 12.1 Å². The number of ketones is 1. The smallest absolute Gasteiger partial charge is 0.195 e. The van der Waals surface area contributed by atoms with Gasteiger partial charge >= 0.3 is 0 Å². The van der Waals surface area contributed by atoms with Gasteiger partial charge in [-0.3, -0.25) is 4.79 Å². The summed E-state index contributed by atoms with van der Waals surface area (Å²) >= 11 is 0. The number of Topliss-reactive ketones (excluding diaryl/α,β-unsaturated/α-hetero) is 1. The van der Waals surface area contributed by atoms with E-state index in [1.807, 2.05) is 0 Å². The first-order valence-corrected chi connectivity index (χ1v) is 7.51. The first-order valence-electron chi connectivity index (χ1n) is 7.51. The minimum absolute atomic E-state index is 0.287. The molecule has 5 heteroatoms. The molecule has 1 aliphatic heterocycles. The number of hydrogen-bond donors (Lipinski definition) is 1. The fourth-order valence-electron chi connectivity index (χ4n) is 3.61. The number of piperidine rings is 1. The Morgan fingerprint density at radius 1 is 1.00 bits per heavy atom. The molecule has 2 aliphatic rings. The molecule has 114 valence electrons. The molecule has 0 aromatic heterocycles. The predicted octanol–water partition coefficient (Wildman–Crippen LogP) is 3.60. The molecule has 3 unspecified atom stereocenters. The van der Waals surface area contributed by atoms with E-state index in [-0.39, 0.29) is 11.6 Å². The quantitative estimate of drug-likeness (QED) is 0.667. The van der Waals surface area contributed by atoms with Gasteiger partial charge in [-0.1, -0.05) is 12.8 Å². The van der Waals surface area contributed by atoms with E-state index >= 15 is 0 Å². The highest BCUT2D eigenvalue weighted by atomic mass is 19.2. The summed E-state index contributed by atoms with van der Waals surface area (Å²) in [7, 11) is 0. The Balaban J connectivity index is 1.78. The van der Waals surface area contributed by atoms with Gasteiger partial charge < -0.3 is 5.32 Å². The van der Waals surface area contributed by atoms with Gasteiger partial charge in [0.25, 0.3) is 0 Å². The van der Waals surface area contributed by atoms with Crippen LogP contribution in [0.3, 0.4) is 0 Å². The maximum absolute atomic E-state index is 13.7. The van der Waals surface area contributed by atoms with Crippen LogP contribution in [-0.2, 0) is 0 Å². The van der Waals surface area contributed by atoms with Crippen LogP contribution in [0, 0.1) is 23.4 Å². The molecule has 3 atom stereocenters. The Kier molecular flexibility index (Phi) is 4.02. The van der Waals surface area contributed by atoms with Crippen molar-refractivity contribution in [3.05, 3.63) is 35.1 Å². The highest BCUT2D eigenvalue weighted by Gasteiger charge is 2.35. The Hall–Kier alpha value is -1.36. The van der Waals surface area contributed by atoms with Gasteiger partial charge in [0.15, 0.2) is 23.2 Å². The van der Waals surface area contributed by atoms with Gasteiger partial charge in [-0.05, 0) is 43.7 Å². The van der Waals surface area contributed by atoms with E-state index in [4.69, 9.17) is 0 Å². The molecule has 1 saturated heterocycles. The molecule has 0 amide bonds. The SMILES string of the molecule is O=C(c1ccc(F)c(F)c1F)C1CCC2CCCCC2N1. The minimum atomic E-state index is -1.58. The van der Waals surface area contributed by atoms with Crippen molar-refractivity contribution in [1.82, 2.24) is 5.32 Å². The van der Waals surface area contributed by atoms with Gasteiger partial charge in [-0.25, -0.2) is 13.2 Å². The number of nitrogens with one attached hydrogen (secondary N) is 1. The molecule has 1 aromatic carbocycles. The van der Waals surface area contributed by atoms with Crippen LogP contribution in [0.2, 0.25) is 0 Å². The van der Waals surface area contributed by atoms with Crippen molar-refractivity contribution in [3.8, 4) is 0 Å². The number of rotatable bonds is 2. The second-order valence-electron chi connectivity index (χ2n) is 6.03. The molecular formula is C16H18F3NO. The predicted molar refractivity (Wildman–Crippen MR) is 72.6 cm³/mol. The molecular weight excluding hydrogens is 279 g/mol. The lowest BCUT2D eigenvalue weighted by atomic mass is 9.77.